The second-order valence-electron chi connectivity index (χ2n) is 5.96. The molecule has 3 heterocycles. The molecule has 1 unspecified atom stereocenters. The molecular formula is C14H23N5O4S. The highest BCUT2D eigenvalue weighted by Gasteiger charge is 2.34. The molecule has 1 aromatic rings. The van der Waals surface area contributed by atoms with Gasteiger partial charge in [-0.25, -0.2) is 9.97 Å². The lowest BCUT2D eigenvalue weighted by Gasteiger charge is -2.29. The van der Waals surface area contributed by atoms with Gasteiger partial charge in [-0.1, -0.05) is 0 Å². The van der Waals surface area contributed by atoms with Gasteiger partial charge in [0.25, 0.3) is 16.1 Å². The third kappa shape index (κ3) is 3.61. The summed E-state index contributed by atoms with van der Waals surface area (Å²) in [7, 11) is -0.348. The monoisotopic (exact) mass is 357 g/mol. The van der Waals surface area contributed by atoms with Crippen molar-refractivity contribution in [3.63, 3.8) is 0 Å². The number of hydrogen-bond donors (Lipinski definition) is 0. The molecule has 1 aromatic heterocycles. The van der Waals surface area contributed by atoms with Crippen molar-refractivity contribution in [3.05, 3.63) is 12.4 Å². The Balaban J connectivity index is 1.69. The normalized spacial score (nSPS) is 23.0. The summed E-state index contributed by atoms with van der Waals surface area (Å²) in [6.07, 6.45) is 3.63. The van der Waals surface area contributed by atoms with Crippen LogP contribution in [0.1, 0.15) is 6.42 Å². The fourth-order valence-corrected chi connectivity index (χ4v) is 3.94. The van der Waals surface area contributed by atoms with E-state index in [1.54, 1.807) is 12.4 Å². The number of rotatable bonds is 5. The van der Waals surface area contributed by atoms with E-state index in [0.717, 1.165) is 13.1 Å². The highest BCUT2D eigenvalue weighted by molar-refractivity contribution is 7.86. The first kappa shape index (κ1) is 17.3. The molecule has 0 bridgehead atoms. The molecule has 3 rings (SSSR count). The molecule has 10 heteroatoms. The standard InChI is InChI=1S/C14H23N5O4S/c1-17(2)24(20,21)19-6-3-12(11-19)23-14-13(15-4-5-16-14)18-7-9-22-10-8-18/h4-5,12H,3,6-11H2,1-2H3. The average molecular weight is 357 g/mol. The zero-order chi connectivity index (χ0) is 17.2. The molecule has 0 N–H and O–H groups in total. The van der Waals surface area contributed by atoms with E-state index in [1.165, 1.54) is 22.7 Å². The Morgan fingerprint density at radius 2 is 1.92 bits per heavy atom. The third-order valence-corrected chi connectivity index (χ3v) is 6.04. The second kappa shape index (κ2) is 7.18. The molecule has 134 valence electrons. The molecule has 2 aliphatic rings. The zero-order valence-corrected chi connectivity index (χ0v) is 14.8. The number of hydrogen-bond acceptors (Lipinski definition) is 7. The van der Waals surface area contributed by atoms with E-state index in [4.69, 9.17) is 9.47 Å². The summed E-state index contributed by atoms with van der Waals surface area (Å²) < 4.78 is 38.4. The Morgan fingerprint density at radius 3 is 2.62 bits per heavy atom. The number of anilines is 1. The van der Waals surface area contributed by atoms with E-state index in [-0.39, 0.29) is 6.10 Å². The molecule has 0 aliphatic carbocycles. The van der Waals surface area contributed by atoms with Gasteiger partial charge in [-0.05, 0) is 6.42 Å². The summed E-state index contributed by atoms with van der Waals surface area (Å²) in [6, 6.07) is 0. The fourth-order valence-electron chi connectivity index (χ4n) is 2.79. The summed E-state index contributed by atoms with van der Waals surface area (Å²) >= 11 is 0. The van der Waals surface area contributed by atoms with Gasteiger partial charge in [-0.3, -0.25) is 0 Å². The van der Waals surface area contributed by atoms with Gasteiger partial charge in [-0.2, -0.15) is 17.0 Å². The molecule has 0 radical (unpaired) electrons. The molecule has 1 atom stereocenters. The predicted octanol–water partition coefficient (Wildman–Crippen LogP) is -0.427. The summed E-state index contributed by atoms with van der Waals surface area (Å²) in [5.41, 5.74) is 0. The molecule has 9 nitrogen and oxygen atoms in total. The maximum atomic E-state index is 12.2. The van der Waals surface area contributed by atoms with E-state index < -0.39 is 10.2 Å². The molecule has 2 saturated heterocycles. The van der Waals surface area contributed by atoms with Gasteiger partial charge in [0, 0.05) is 46.1 Å². The van der Waals surface area contributed by atoms with Gasteiger partial charge in [0.15, 0.2) is 5.82 Å². The van der Waals surface area contributed by atoms with E-state index in [1.807, 2.05) is 0 Å². The van der Waals surface area contributed by atoms with Crippen LogP contribution in [0, 0.1) is 0 Å². The van der Waals surface area contributed by atoms with Crippen molar-refractivity contribution in [2.24, 2.45) is 0 Å². The Bertz CT molecular complexity index is 663. The minimum atomic E-state index is -3.41. The van der Waals surface area contributed by atoms with Crippen molar-refractivity contribution in [3.8, 4) is 5.88 Å². The van der Waals surface area contributed by atoms with E-state index in [2.05, 4.69) is 14.9 Å². The summed E-state index contributed by atoms with van der Waals surface area (Å²) in [5.74, 6) is 1.14. The van der Waals surface area contributed by atoms with Crippen LogP contribution in [-0.4, -0.2) is 86.6 Å². The highest BCUT2D eigenvalue weighted by atomic mass is 32.2. The Labute approximate surface area is 142 Å². The van der Waals surface area contributed by atoms with Crippen molar-refractivity contribution < 1.29 is 17.9 Å². The minimum absolute atomic E-state index is 0.226. The van der Waals surface area contributed by atoms with Gasteiger partial charge in [0.1, 0.15) is 6.10 Å². The van der Waals surface area contributed by atoms with Gasteiger partial charge in [-0.15, -0.1) is 0 Å². The molecule has 24 heavy (non-hydrogen) atoms. The van der Waals surface area contributed by atoms with Crippen LogP contribution < -0.4 is 9.64 Å². The molecule has 0 aromatic carbocycles. The Hall–Kier alpha value is -1.49. The van der Waals surface area contributed by atoms with E-state index >= 15 is 0 Å². The maximum absolute atomic E-state index is 12.2. The molecule has 2 fully saturated rings. The van der Waals surface area contributed by atoms with Crippen LogP contribution >= 0.6 is 0 Å². The quantitative estimate of drug-likeness (QED) is 0.707. The van der Waals surface area contributed by atoms with Crippen LogP contribution in [-0.2, 0) is 14.9 Å². The average Bonchev–Trinajstić information content (AvgIpc) is 3.05. The largest absolute Gasteiger partial charge is 0.470 e. The minimum Gasteiger partial charge on any atom is -0.470 e. The molecule has 0 saturated carbocycles. The number of nitrogens with zero attached hydrogens (tertiary/aromatic N) is 5. The lowest BCUT2D eigenvalue weighted by Crippen LogP contribution is -2.39. The smallest absolute Gasteiger partial charge is 0.281 e. The number of ether oxygens (including phenoxy) is 2. The van der Waals surface area contributed by atoms with Crippen LogP contribution in [0.5, 0.6) is 5.88 Å². The Morgan fingerprint density at radius 1 is 1.21 bits per heavy atom. The van der Waals surface area contributed by atoms with Crippen LogP contribution in [0.25, 0.3) is 0 Å². The SMILES string of the molecule is CN(C)S(=O)(=O)N1CCC(Oc2nccnc2N2CCOCC2)C1. The molecule has 0 amide bonds. The van der Waals surface area contributed by atoms with Crippen LogP contribution in [0.2, 0.25) is 0 Å². The zero-order valence-electron chi connectivity index (χ0n) is 14.0. The summed E-state index contributed by atoms with van der Waals surface area (Å²) in [5, 5.41) is 0. The van der Waals surface area contributed by atoms with E-state index in [9.17, 15) is 8.42 Å². The predicted molar refractivity (Wildman–Crippen MR) is 88.3 cm³/mol. The van der Waals surface area contributed by atoms with Crippen LogP contribution in [0.3, 0.4) is 0 Å². The van der Waals surface area contributed by atoms with Crippen molar-refractivity contribution in [1.29, 1.82) is 0 Å². The van der Waals surface area contributed by atoms with Gasteiger partial charge >= 0.3 is 0 Å². The molecule has 2 aliphatic heterocycles. The van der Waals surface area contributed by atoms with Crippen molar-refractivity contribution in [2.45, 2.75) is 12.5 Å². The van der Waals surface area contributed by atoms with Crippen molar-refractivity contribution in [1.82, 2.24) is 18.6 Å². The first-order valence-corrected chi connectivity index (χ1v) is 9.36. The summed E-state index contributed by atoms with van der Waals surface area (Å²) in [6.45, 7) is 3.53. The van der Waals surface area contributed by atoms with Crippen LogP contribution in [0.15, 0.2) is 12.4 Å². The highest BCUT2D eigenvalue weighted by Crippen LogP contribution is 2.27. The molecular weight excluding hydrogens is 334 g/mol. The first-order chi connectivity index (χ1) is 11.5. The number of aromatic nitrogens is 2. The fraction of sp³-hybridized carbons (Fsp3) is 0.714. The second-order valence-corrected chi connectivity index (χ2v) is 8.10. The molecule has 0 spiro atoms. The first-order valence-electron chi connectivity index (χ1n) is 7.96. The lowest BCUT2D eigenvalue weighted by molar-refractivity contribution is 0.121. The van der Waals surface area contributed by atoms with Gasteiger partial charge in [0.05, 0.1) is 19.8 Å². The summed E-state index contributed by atoms with van der Waals surface area (Å²) in [4.78, 5) is 10.8. The van der Waals surface area contributed by atoms with Gasteiger partial charge < -0.3 is 14.4 Å². The van der Waals surface area contributed by atoms with Crippen molar-refractivity contribution in [2.75, 3.05) is 58.4 Å². The van der Waals surface area contributed by atoms with E-state index in [0.29, 0.717) is 44.4 Å². The van der Waals surface area contributed by atoms with Gasteiger partial charge in [0.2, 0.25) is 0 Å². The topological polar surface area (TPSA) is 88.1 Å². The third-order valence-electron chi connectivity index (χ3n) is 4.13. The maximum Gasteiger partial charge on any atom is 0.281 e. The Kier molecular flexibility index (Phi) is 5.18. The lowest BCUT2D eigenvalue weighted by atomic mass is 10.3. The van der Waals surface area contributed by atoms with Crippen molar-refractivity contribution >= 4 is 16.0 Å². The number of morpholine rings is 1. The van der Waals surface area contributed by atoms with Crippen LogP contribution in [0.4, 0.5) is 5.82 Å².